The highest BCUT2D eigenvalue weighted by atomic mass is 32.2. The van der Waals surface area contributed by atoms with Crippen LogP contribution in [0.25, 0.3) is 0 Å². The first-order valence-electron chi connectivity index (χ1n) is 5.44. The van der Waals surface area contributed by atoms with Crippen molar-refractivity contribution in [2.24, 2.45) is 0 Å². The van der Waals surface area contributed by atoms with Crippen LogP contribution in [0.4, 0.5) is 0 Å². The first kappa shape index (κ1) is 13.3. The molecule has 16 heavy (non-hydrogen) atoms. The van der Waals surface area contributed by atoms with Gasteiger partial charge in [0.05, 0.1) is 5.75 Å². The van der Waals surface area contributed by atoms with E-state index in [0.717, 1.165) is 19.4 Å². The van der Waals surface area contributed by atoms with Gasteiger partial charge in [0.1, 0.15) is 0 Å². The van der Waals surface area contributed by atoms with Gasteiger partial charge in [0, 0.05) is 25.5 Å². The largest absolute Gasteiger partial charge is 0.346 e. The van der Waals surface area contributed by atoms with E-state index >= 15 is 0 Å². The fourth-order valence-electron chi connectivity index (χ4n) is 1.39. The Balaban J connectivity index is 2.15. The molecule has 1 heterocycles. The molecule has 6 heteroatoms. The fraction of sp³-hybridized carbons (Fsp3) is 0.700. The van der Waals surface area contributed by atoms with Crippen LogP contribution in [0.5, 0.6) is 0 Å². The zero-order valence-corrected chi connectivity index (χ0v) is 10.3. The maximum atomic E-state index is 10.5. The lowest BCUT2D eigenvalue weighted by molar-refractivity contribution is 0.339. The minimum Gasteiger partial charge on any atom is -0.346 e. The van der Waals surface area contributed by atoms with Crippen molar-refractivity contribution in [2.45, 2.75) is 26.2 Å². The summed E-state index contributed by atoms with van der Waals surface area (Å²) in [5, 5.41) is 0. The van der Waals surface area contributed by atoms with Crippen LogP contribution in [-0.4, -0.2) is 41.6 Å². The Morgan fingerprint density at radius 3 is 2.25 bits per heavy atom. The molecule has 0 unspecified atom stereocenters. The molecule has 0 aromatic heterocycles. The van der Waals surface area contributed by atoms with E-state index in [9.17, 15) is 8.42 Å². The van der Waals surface area contributed by atoms with E-state index in [2.05, 4.69) is 13.6 Å². The monoisotopic (exact) mass is 246 g/mol. The molecule has 5 nitrogen and oxygen atoms in total. The molecular weight excluding hydrogens is 228 g/mol. The van der Waals surface area contributed by atoms with Gasteiger partial charge in [0.15, 0.2) is 0 Å². The SMILES string of the molecule is CCCCN1[C]N(CCCS(=O)(=O)O)C=C1. The Hall–Kier alpha value is -0.750. The van der Waals surface area contributed by atoms with Crippen LogP contribution in [0.1, 0.15) is 26.2 Å². The molecule has 0 aliphatic carbocycles. The molecule has 0 aromatic rings. The van der Waals surface area contributed by atoms with Crippen molar-refractivity contribution in [1.29, 1.82) is 0 Å². The quantitative estimate of drug-likeness (QED) is 0.683. The summed E-state index contributed by atoms with van der Waals surface area (Å²) in [4.78, 5) is 3.76. The van der Waals surface area contributed by atoms with E-state index in [4.69, 9.17) is 4.55 Å². The smallest absolute Gasteiger partial charge is 0.264 e. The van der Waals surface area contributed by atoms with Gasteiger partial charge >= 0.3 is 0 Å². The van der Waals surface area contributed by atoms with Gasteiger partial charge in [-0.2, -0.15) is 8.42 Å². The Kier molecular flexibility index (Phi) is 5.08. The molecule has 0 bridgehead atoms. The summed E-state index contributed by atoms with van der Waals surface area (Å²) in [7, 11) is -3.84. The molecule has 2 radical (unpaired) electrons. The predicted octanol–water partition coefficient (Wildman–Crippen LogP) is 1.15. The van der Waals surface area contributed by atoms with E-state index in [0.29, 0.717) is 13.0 Å². The molecule has 1 N–H and O–H groups in total. The molecule has 0 saturated carbocycles. The Morgan fingerprint density at radius 1 is 1.19 bits per heavy atom. The number of nitrogens with zero attached hydrogens (tertiary/aromatic N) is 2. The van der Waals surface area contributed by atoms with Crippen LogP contribution in [0, 0.1) is 6.67 Å². The van der Waals surface area contributed by atoms with E-state index in [1.807, 2.05) is 17.3 Å². The summed E-state index contributed by atoms with van der Waals surface area (Å²) in [5.41, 5.74) is 0. The van der Waals surface area contributed by atoms with Gasteiger partial charge in [-0.25, -0.2) is 0 Å². The Bertz CT molecular complexity index is 327. The van der Waals surface area contributed by atoms with Gasteiger partial charge in [-0.15, -0.1) is 0 Å². The van der Waals surface area contributed by atoms with Crippen LogP contribution in [-0.2, 0) is 10.1 Å². The van der Waals surface area contributed by atoms with Gasteiger partial charge in [-0.3, -0.25) is 4.55 Å². The molecule has 0 saturated heterocycles. The van der Waals surface area contributed by atoms with E-state index in [-0.39, 0.29) is 5.75 Å². The highest BCUT2D eigenvalue weighted by Crippen LogP contribution is 2.12. The summed E-state index contributed by atoms with van der Waals surface area (Å²) < 4.78 is 29.6. The minimum atomic E-state index is -3.84. The van der Waals surface area contributed by atoms with Crippen molar-refractivity contribution in [1.82, 2.24) is 9.80 Å². The second-order valence-corrected chi connectivity index (χ2v) is 5.35. The first-order valence-corrected chi connectivity index (χ1v) is 7.05. The van der Waals surface area contributed by atoms with Crippen molar-refractivity contribution in [3.8, 4) is 0 Å². The zero-order valence-electron chi connectivity index (χ0n) is 9.46. The molecule has 0 atom stereocenters. The normalized spacial score (nSPS) is 16.1. The number of hydrogen-bond acceptors (Lipinski definition) is 4. The molecule has 0 fully saturated rings. The molecule has 1 aliphatic rings. The molecule has 0 amide bonds. The average Bonchev–Trinajstić information content (AvgIpc) is 2.61. The zero-order chi connectivity index (χ0) is 12.0. The number of hydrogen-bond donors (Lipinski definition) is 1. The second kappa shape index (κ2) is 6.10. The third-order valence-corrected chi connectivity index (χ3v) is 3.04. The van der Waals surface area contributed by atoms with Crippen molar-refractivity contribution >= 4 is 10.1 Å². The molecular formula is C10H18N2O3S. The predicted molar refractivity (Wildman–Crippen MR) is 61.7 cm³/mol. The van der Waals surface area contributed by atoms with Crippen LogP contribution < -0.4 is 0 Å². The molecule has 0 aromatic carbocycles. The van der Waals surface area contributed by atoms with Crippen LogP contribution >= 0.6 is 0 Å². The van der Waals surface area contributed by atoms with E-state index in [1.54, 1.807) is 4.90 Å². The minimum absolute atomic E-state index is 0.200. The Morgan fingerprint density at radius 2 is 1.75 bits per heavy atom. The summed E-state index contributed by atoms with van der Waals surface area (Å²) >= 11 is 0. The van der Waals surface area contributed by atoms with Gasteiger partial charge < -0.3 is 9.80 Å². The third-order valence-electron chi connectivity index (χ3n) is 2.24. The summed E-state index contributed by atoms with van der Waals surface area (Å²) in [5.74, 6) is -0.200. The average molecular weight is 246 g/mol. The van der Waals surface area contributed by atoms with Crippen LogP contribution in [0.2, 0.25) is 0 Å². The molecule has 0 spiro atoms. The second-order valence-electron chi connectivity index (χ2n) is 3.78. The van der Waals surface area contributed by atoms with Crippen molar-refractivity contribution < 1.29 is 13.0 Å². The topological polar surface area (TPSA) is 60.9 Å². The lowest BCUT2D eigenvalue weighted by atomic mass is 10.3. The van der Waals surface area contributed by atoms with Crippen molar-refractivity contribution in [3.63, 3.8) is 0 Å². The highest BCUT2D eigenvalue weighted by Gasteiger charge is 2.14. The maximum Gasteiger partial charge on any atom is 0.264 e. The van der Waals surface area contributed by atoms with Crippen molar-refractivity contribution in [3.05, 3.63) is 19.1 Å². The molecule has 1 rings (SSSR count). The van der Waals surface area contributed by atoms with Gasteiger partial charge in [0.25, 0.3) is 10.1 Å². The van der Waals surface area contributed by atoms with Crippen molar-refractivity contribution in [2.75, 3.05) is 18.8 Å². The number of rotatable bonds is 7. The maximum absolute atomic E-state index is 10.5. The van der Waals surface area contributed by atoms with Gasteiger partial charge in [-0.05, 0) is 12.8 Å². The first-order chi connectivity index (χ1) is 7.51. The summed E-state index contributed by atoms with van der Waals surface area (Å²) in [6.07, 6.45) is 6.42. The van der Waals surface area contributed by atoms with E-state index < -0.39 is 10.1 Å². The number of unbranched alkanes of at least 4 members (excludes halogenated alkanes) is 1. The van der Waals surface area contributed by atoms with E-state index in [1.165, 1.54) is 0 Å². The molecule has 92 valence electrons. The van der Waals surface area contributed by atoms with Crippen LogP contribution in [0.3, 0.4) is 0 Å². The summed E-state index contributed by atoms with van der Waals surface area (Å²) in [6, 6.07) is 0. The standard InChI is InChI=1S/C10H18N2O3S/c1-2-3-5-11-7-8-12(10-11)6-4-9-16(13,14)15/h7-8H,2-6,9H2,1H3,(H,13,14,15). The van der Waals surface area contributed by atoms with Gasteiger partial charge in [0.2, 0.25) is 6.67 Å². The highest BCUT2D eigenvalue weighted by molar-refractivity contribution is 7.85. The van der Waals surface area contributed by atoms with Gasteiger partial charge in [-0.1, -0.05) is 13.3 Å². The fourth-order valence-corrected chi connectivity index (χ4v) is 1.88. The Labute approximate surface area is 97.5 Å². The van der Waals surface area contributed by atoms with Crippen LogP contribution in [0.15, 0.2) is 12.4 Å². The third kappa shape index (κ3) is 5.37. The molecule has 1 aliphatic heterocycles. The lowest BCUT2D eigenvalue weighted by Gasteiger charge is -2.18. The summed E-state index contributed by atoms with van der Waals surface area (Å²) in [6.45, 7) is 6.71. The lowest BCUT2D eigenvalue weighted by Crippen LogP contribution is -2.22.